The van der Waals surface area contributed by atoms with E-state index in [1.807, 2.05) is 12.1 Å². The minimum absolute atomic E-state index is 0.261. The summed E-state index contributed by atoms with van der Waals surface area (Å²) in [5.74, 6) is 1.43. The number of ether oxygens (including phenoxy) is 1. The number of aromatic hydroxyl groups is 1. The number of hydrogen-bond donors (Lipinski definition) is 1. The molecule has 1 rings (SSSR count). The number of hydrogen-bond acceptors (Lipinski definition) is 3. The highest BCUT2D eigenvalue weighted by Gasteiger charge is 2.11. The first-order valence-corrected chi connectivity index (χ1v) is 6.15. The van der Waals surface area contributed by atoms with Gasteiger partial charge in [-0.1, -0.05) is 32.9 Å². The van der Waals surface area contributed by atoms with Gasteiger partial charge in [0.05, 0.1) is 7.11 Å². The van der Waals surface area contributed by atoms with Crippen LogP contribution in [0.15, 0.2) is 18.2 Å². The summed E-state index contributed by atoms with van der Waals surface area (Å²) in [5, 5.41) is 10.0. The molecule has 0 aromatic heterocycles. The molecule has 0 fully saturated rings. The van der Waals surface area contributed by atoms with Gasteiger partial charge >= 0.3 is 0 Å². The lowest BCUT2D eigenvalue weighted by Crippen LogP contribution is -2.27. The number of benzene rings is 1. The van der Waals surface area contributed by atoms with Crippen molar-refractivity contribution in [3.8, 4) is 11.5 Å². The minimum Gasteiger partial charge on any atom is -0.504 e. The third kappa shape index (κ3) is 3.93. The fourth-order valence-corrected chi connectivity index (χ4v) is 1.92. The monoisotopic (exact) mass is 237 g/mol. The van der Waals surface area contributed by atoms with Crippen LogP contribution in [0.25, 0.3) is 0 Å². The zero-order valence-electron chi connectivity index (χ0n) is 11.2. The molecule has 0 heterocycles. The molecule has 0 aliphatic heterocycles. The van der Waals surface area contributed by atoms with Crippen LogP contribution >= 0.6 is 0 Å². The molecule has 1 N–H and O–H groups in total. The van der Waals surface area contributed by atoms with Gasteiger partial charge in [-0.15, -0.1) is 0 Å². The van der Waals surface area contributed by atoms with Crippen LogP contribution in [-0.2, 0) is 6.54 Å². The van der Waals surface area contributed by atoms with Crippen molar-refractivity contribution < 1.29 is 9.84 Å². The predicted molar refractivity (Wildman–Crippen MR) is 70.4 cm³/mol. The molecular weight excluding hydrogens is 214 g/mol. The largest absolute Gasteiger partial charge is 0.504 e. The molecule has 0 saturated heterocycles. The molecule has 17 heavy (non-hydrogen) atoms. The molecule has 96 valence electrons. The molecule has 0 radical (unpaired) electrons. The number of nitrogens with zero attached hydrogens (tertiary/aromatic N) is 1. The number of phenolic OH excluding ortho intramolecular Hbond substituents is 1. The van der Waals surface area contributed by atoms with Crippen LogP contribution in [0.2, 0.25) is 0 Å². The third-order valence-electron chi connectivity index (χ3n) is 2.77. The summed E-state index contributed by atoms with van der Waals surface area (Å²) in [6.45, 7) is 9.32. The zero-order chi connectivity index (χ0) is 12.8. The Morgan fingerprint density at radius 2 is 2.06 bits per heavy atom. The van der Waals surface area contributed by atoms with Crippen LogP contribution < -0.4 is 4.74 Å². The smallest absolute Gasteiger partial charge is 0.162 e. The Balaban J connectivity index is 2.79. The van der Waals surface area contributed by atoms with E-state index in [0.717, 1.165) is 25.2 Å². The molecule has 0 amide bonds. The predicted octanol–water partition coefficient (Wildman–Crippen LogP) is 2.88. The zero-order valence-corrected chi connectivity index (χ0v) is 11.2. The lowest BCUT2D eigenvalue weighted by atomic mass is 10.1. The van der Waals surface area contributed by atoms with E-state index >= 15 is 0 Å². The van der Waals surface area contributed by atoms with Gasteiger partial charge in [-0.3, -0.25) is 4.90 Å². The summed E-state index contributed by atoms with van der Waals surface area (Å²) < 4.78 is 5.11. The van der Waals surface area contributed by atoms with Crippen molar-refractivity contribution >= 4 is 0 Å². The molecular formula is C14H23NO2. The SMILES string of the molecule is CCN(Cc1cccc(OC)c1O)CC(C)C. The second-order valence-corrected chi connectivity index (χ2v) is 4.69. The number of para-hydroxylation sites is 1. The lowest BCUT2D eigenvalue weighted by molar-refractivity contribution is 0.244. The Morgan fingerprint density at radius 1 is 1.35 bits per heavy atom. The van der Waals surface area contributed by atoms with Gasteiger partial charge in [-0.2, -0.15) is 0 Å². The summed E-state index contributed by atoms with van der Waals surface area (Å²) in [4.78, 5) is 2.32. The minimum atomic E-state index is 0.261. The molecule has 1 aromatic carbocycles. The summed E-state index contributed by atoms with van der Waals surface area (Å²) in [6, 6.07) is 5.63. The average molecular weight is 237 g/mol. The van der Waals surface area contributed by atoms with E-state index < -0.39 is 0 Å². The molecule has 3 heteroatoms. The Morgan fingerprint density at radius 3 is 2.59 bits per heavy atom. The Hall–Kier alpha value is -1.22. The number of methoxy groups -OCH3 is 1. The molecule has 0 saturated carbocycles. The average Bonchev–Trinajstić information content (AvgIpc) is 2.30. The maximum absolute atomic E-state index is 10.0. The van der Waals surface area contributed by atoms with Crippen LogP contribution in [-0.4, -0.2) is 30.2 Å². The van der Waals surface area contributed by atoms with Gasteiger partial charge in [0.15, 0.2) is 11.5 Å². The van der Waals surface area contributed by atoms with Crippen molar-refractivity contribution in [2.24, 2.45) is 5.92 Å². The first kappa shape index (κ1) is 13.8. The van der Waals surface area contributed by atoms with Crippen molar-refractivity contribution in [3.63, 3.8) is 0 Å². The molecule has 0 bridgehead atoms. The lowest BCUT2D eigenvalue weighted by Gasteiger charge is -2.23. The van der Waals surface area contributed by atoms with Crippen LogP contribution in [0.5, 0.6) is 11.5 Å². The summed E-state index contributed by atoms with van der Waals surface area (Å²) in [7, 11) is 1.57. The number of phenols is 1. The highest BCUT2D eigenvalue weighted by Crippen LogP contribution is 2.30. The molecule has 0 atom stereocenters. The van der Waals surface area contributed by atoms with Crippen molar-refractivity contribution in [2.75, 3.05) is 20.2 Å². The van der Waals surface area contributed by atoms with Crippen LogP contribution in [0.3, 0.4) is 0 Å². The highest BCUT2D eigenvalue weighted by molar-refractivity contribution is 5.45. The molecule has 0 unspecified atom stereocenters. The molecule has 0 aliphatic rings. The summed E-state index contributed by atoms with van der Waals surface area (Å²) in [6.07, 6.45) is 0. The fourth-order valence-electron chi connectivity index (χ4n) is 1.92. The van der Waals surface area contributed by atoms with E-state index in [1.54, 1.807) is 13.2 Å². The second kappa shape index (κ2) is 6.50. The molecule has 0 aliphatic carbocycles. The second-order valence-electron chi connectivity index (χ2n) is 4.69. The van der Waals surface area contributed by atoms with Gasteiger partial charge in [0.1, 0.15) is 0 Å². The maximum Gasteiger partial charge on any atom is 0.162 e. The normalized spacial score (nSPS) is 11.2. The third-order valence-corrected chi connectivity index (χ3v) is 2.77. The van der Waals surface area contributed by atoms with E-state index in [9.17, 15) is 5.11 Å². The van der Waals surface area contributed by atoms with E-state index in [0.29, 0.717) is 11.7 Å². The van der Waals surface area contributed by atoms with E-state index in [4.69, 9.17) is 4.74 Å². The van der Waals surface area contributed by atoms with E-state index in [-0.39, 0.29) is 5.75 Å². The van der Waals surface area contributed by atoms with Crippen molar-refractivity contribution in [2.45, 2.75) is 27.3 Å². The topological polar surface area (TPSA) is 32.7 Å². The Labute approximate surface area is 104 Å². The van der Waals surface area contributed by atoms with Crippen molar-refractivity contribution in [3.05, 3.63) is 23.8 Å². The maximum atomic E-state index is 10.0. The molecule has 1 aromatic rings. The van der Waals surface area contributed by atoms with E-state index in [1.165, 1.54) is 0 Å². The molecule has 3 nitrogen and oxygen atoms in total. The number of rotatable bonds is 6. The van der Waals surface area contributed by atoms with E-state index in [2.05, 4.69) is 25.7 Å². The van der Waals surface area contributed by atoms with Crippen LogP contribution in [0, 0.1) is 5.92 Å². The molecule has 0 spiro atoms. The van der Waals surface area contributed by atoms with Gasteiger partial charge in [0, 0.05) is 18.7 Å². The Kier molecular flexibility index (Phi) is 5.29. The van der Waals surface area contributed by atoms with Crippen LogP contribution in [0.1, 0.15) is 26.3 Å². The van der Waals surface area contributed by atoms with Gasteiger partial charge in [-0.05, 0) is 18.5 Å². The van der Waals surface area contributed by atoms with Crippen LogP contribution in [0.4, 0.5) is 0 Å². The highest BCUT2D eigenvalue weighted by atomic mass is 16.5. The van der Waals surface area contributed by atoms with Gasteiger partial charge in [-0.25, -0.2) is 0 Å². The fraction of sp³-hybridized carbons (Fsp3) is 0.571. The van der Waals surface area contributed by atoms with Crippen molar-refractivity contribution in [1.82, 2.24) is 4.90 Å². The van der Waals surface area contributed by atoms with Crippen molar-refractivity contribution in [1.29, 1.82) is 0 Å². The summed E-state index contributed by atoms with van der Waals surface area (Å²) >= 11 is 0. The quantitative estimate of drug-likeness (QED) is 0.825. The first-order chi connectivity index (χ1) is 8.08. The van der Waals surface area contributed by atoms with Gasteiger partial charge < -0.3 is 9.84 Å². The van der Waals surface area contributed by atoms with Gasteiger partial charge in [0.2, 0.25) is 0 Å². The Bertz CT molecular complexity index is 350. The van der Waals surface area contributed by atoms with Gasteiger partial charge in [0.25, 0.3) is 0 Å². The first-order valence-electron chi connectivity index (χ1n) is 6.15. The summed E-state index contributed by atoms with van der Waals surface area (Å²) in [5.41, 5.74) is 0.923. The standard InChI is InChI=1S/C14H23NO2/c1-5-15(9-11(2)3)10-12-7-6-8-13(17-4)14(12)16/h6-8,11,16H,5,9-10H2,1-4H3.